The van der Waals surface area contributed by atoms with Crippen LogP contribution in [0.2, 0.25) is 0 Å². The number of anilines is 3. The third kappa shape index (κ3) is 7.70. The Bertz CT molecular complexity index is 1340. The molecule has 2 aromatic carbocycles. The maximum Gasteiger partial charge on any atom is 0.246 e. The summed E-state index contributed by atoms with van der Waals surface area (Å²) in [4.78, 5) is 23.2. The molecule has 0 aliphatic carbocycles. The highest BCUT2D eigenvalue weighted by molar-refractivity contribution is 5.91. The Kier molecular flexibility index (Phi) is 9.54. The van der Waals surface area contributed by atoms with Gasteiger partial charge in [-0.2, -0.15) is 5.10 Å². The number of carbonyl (C=O) groups excluding carboxylic acids is 1. The van der Waals surface area contributed by atoms with E-state index in [-0.39, 0.29) is 19.1 Å². The standard InChI is InChI=1S/C27H32FN7O3/c1-2-10-34(13-14-36)11-4-15-38-22-7-8-23-24(17-22)29-19-30-27(23)32-25-9-12-35(33-25)18-26(37)31-21-6-3-5-20(28)16-21/h3,5-9,12,16-17,19,36H,2,4,10-11,13-15,18H2,1H3,(H,31,37)(H,29,30,32,33). The fourth-order valence-corrected chi connectivity index (χ4v) is 4.05. The van der Waals surface area contributed by atoms with Crippen molar-refractivity contribution in [3.63, 3.8) is 0 Å². The Morgan fingerprint density at radius 3 is 2.84 bits per heavy atom. The summed E-state index contributed by atoms with van der Waals surface area (Å²) >= 11 is 0. The normalized spacial score (nSPS) is 11.2. The van der Waals surface area contributed by atoms with Gasteiger partial charge in [-0.3, -0.25) is 9.48 Å². The number of fused-ring (bicyclic) bond motifs is 1. The number of nitrogens with zero attached hydrogens (tertiary/aromatic N) is 5. The van der Waals surface area contributed by atoms with Gasteiger partial charge in [-0.1, -0.05) is 13.0 Å². The van der Waals surface area contributed by atoms with Crippen LogP contribution in [-0.2, 0) is 11.3 Å². The molecule has 0 fully saturated rings. The third-order valence-electron chi connectivity index (χ3n) is 5.75. The molecule has 10 nitrogen and oxygen atoms in total. The maximum atomic E-state index is 13.3. The fourth-order valence-electron chi connectivity index (χ4n) is 4.05. The van der Waals surface area contributed by atoms with Crippen molar-refractivity contribution in [1.29, 1.82) is 0 Å². The molecule has 0 atom stereocenters. The number of carbonyl (C=O) groups is 1. The minimum atomic E-state index is -0.419. The van der Waals surface area contributed by atoms with E-state index in [1.807, 2.05) is 18.2 Å². The number of nitrogens with one attached hydrogen (secondary N) is 2. The van der Waals surface area contributed by atoms with Gasteiger partial charge in [0.2, 0.25) is 5.91 Å². The summed E-state index contributed by atoms with van der Waals surface area (Å²) in [6.45, 7) is 5.34. The molecule has 11 heteroatoms. The summed E-state index contributed by atoms with van der Waals surface area (Å²) in [5.41, 5.74) is 1.11. The number of aliphatic hydroxyl groups is 1. The van der Waals surface area contributed by atoms with Crippen molar-refractivity contribution in [1.82, 2.24) is 24.6 Å². The molecule has 0 unspecified atom stereocenters. The molecule has 0 aliphatic heterocycles. The molecule has 0 saturated heterocycles. The zero-order chi connectivity index (χ0) is 26.7. The number of rotatable bonds is 14. The monoisotopic (exact) mass is 521 g/mol. The number of halogens is 1. The first kappa shape index (κ1) is 27.0. The average molecular weight is 522 g/mol. The van der Waals surface area contributed by atoms with E-state index in [1.165, 1.54) is 29.2 Å². The smallest absolute Gasteiger partial charge is 0.246 e. The number of ether oxygens (including phenoxy) is 1. The highest BCUT2D eigenvalue weighted by Crippen LogP contribution is 2.26. The predicted molar refractivity (Wildman–Crippen MR) is 144 cm³/mol. The Morgan fingerprint density at radius 2 is 2.03 bits per heavy atom. The van der Waals surface area contributed by atoms with E-state index < -0.39 is 5.82 Å². The van der Waals surface area contributed by atoms with E-state index in [2.05, 4.69) is 37.5 Å². The Labute approximate surface area is 220 Å². The lowest BCUT2D eigenvalue weighted by Crippen LogP contribution is -2.29. The molecule has 4 aromatic rings. The number of aliphatic hydroxyl groups excluding tert-OH is 1. The van der Waals surface area contributed by atoms with Crippen LogP contribution in [0, 0.1) is 5.82 Å². The van der Waals surface area contributed by atoms with Crippen LogP contribution in [0.1, 0.15) is 19.8 Å². The first-order valence-electron chi connectivity index (χ1n) is 12.6. The second kappa shape index (κ2) is 13.5. The molecular formula is C27H32FN7O3. The van der Waals surface area contributed by atoms with Gasteiger partial charge in [0.05, 0.1) is 18.7 Å². The van der Waals surface area contributed by atoms with Crippen LogP contribution in [0.5, 0.6) is 5.75 Å². The second-order valence-electron chi connectivity index (χ2n) is 8.75. The van der Waals surface area contributed by atoms with Gasteiger partial charge in [-0.05, 0) is 49.7 Å². The minimum Gasteiger partial charge on any atom is -0.493 e. The summed E-state index contributed by atoms with van der Waals surface area (Å²) in [7, 11) is 0. The zero-order valence-corrected chi connectivity index (χ0v) is 21.3. The molecule has 0 radical (unpaired) electrons. The van der Waals surface area contributed by atoms with E-state index in [4.69, 9.17) is 4.74 Å². The van der Waals surface area contributed by atoms with E-state index in [0.717, 1.165) is 42.6 Å². The van der Waals surface area contributed by atoms with Gasteiger partial charge in [0.1, 0.15) is 30.3 Å². The summed E-state index contributed by atoms with van der Waals surface area (Å²) in [5, 5.41) is 20.2. The van der Waals surface area contributed by atoms with Crippen molar-refractivity contribution in [2.75, 3.05) is 43.5 Å². The van der Waals surface area contributed by atoms with Crippen molar-refractivity contribution >= 4 is 34.1 Å². The van der Waals surface area contributed by atoms with Gasteiger partial charge >= 0.3 is 0 Å². The largest absolute Gasteiger partial charge is 0.493 e. The van der Waals surface area contributed by atoms with E-state index in [9.17, 15) is 14.3 Å². The van der Waals surface area contributed by atoms with Crippen molar-refractivity contribution in [2.45, 2.75) is 26.3 Å². The maximum absolute atomic E-state index is 13.3. The fraction of sp³-hybridized carbons (Fsp3) is 0.333. The number of benzene rings is 2. The van der Waals surface area contributed by atoms with Crippen LogP contribution in [0.4, 0.5) is 21.7 Å². The number of amides is 1. The van der Waals surface area contributed by atoms with Crippen LogP contribution >= 0.6 is 0 Å². The number of aromatic nitrogens is 4. The molecule has 1 amide bonds. The Morgan fingerprint density at radius 1 is 1.13 bits per heavy atom. The van der Waals surface area contributed by atoms with Gasteiger partial charge < -0.3 is 25.4 Å². The van der Waals surface area contributed by atoms with Gasteiger partial charge in [0.15, 0.2) is 5.82 Å². The van der Waals surface area contributed by atoms with Crippen LogP contribution in [0.3, 0.4) is 0 Å². The predicted octanol–water partition coefficient (Wildman–Crippen LogP) is 3.82. The van der Waals surface area contributed by atoms with Crippen LogP contribution in [0.25, 0.3) is 10.9 Å². The summed E-state index contributed by atoms with van der Waals surface area (Å²) in [6.07, 6.45) is 5.05. The van der Waals surface area contributed by atoms with Gasteiger partial charge in [0.25, 0.3) is 0 Å². The zero-order valence-electron chi connectivity index (χ0n) is 21.3. The SMILES string of the molecule is CCCN(CCO)CCCOc1ccc2c(Nc3ccn(CC(=O)Nc4cccc(F)c4)n3)ncnc2c1. The van der Waals surface area contributed by atoms with Crippen LogP contribution in [0.15, 0.2) is 61.1 Å². The molecule has 38 heavy (non-hydrogen) atoms. The Balaban J connectivity index is 1.33. The van der Waals surface area contributed by atoms with Gasteiger partial charge in [-0.15, -0.1) is 0 Å². The van der Waals surface area contributed by atoms with E-state index >= 15 is 0 Å². The molecule has 4 rings (SSSR count). The van der Waals surface area contributed by atoms with E-state index in [0.29, 0.717) is 30.5 Å². The number of hydrogen-bond acceptors (Lipinski definition) is 8. The lowest BCUT2D eigenvalue weighted by molar-refractivity contribution is -0.116. The minimum absolute atomic E-state index is 0.0282. The van der Waals surface area contributed by atoms with Crippen molar-refractivity contribution < 1.29 is 19.0 Å². The van der Waals surface area contributed by atoms with Crippen molar-refractivity contribution in [3.8, 4) is 5.75 Å². The van der Waals surface area contributed by atoms with Crippen molar-refractivity contribution in [2.24, 2.45) is 0 Å². The van der Waals surface area contributed by atoms with Crippen LogP contribution < -0.4 is 15.4 Å². The quantitative estimate of drug-likeness (QED) is 0.215. The Hall–Kier alpha value is -4.09. The summed E-state index contributed by atoms with van der Waals surface area (Å²) in [6, 6.07) is 13.1. The first-order chi connectivity index (χ1) is 18.5. The highest BCUT2D eigenvalue weighted by Gasteiger charge is 2.10. The molecule has 2 heterocycles. The average Bonchev–Trinajstić information content (AvgIpc) is 3.33. The molecule has 0 saturated carbocycles. The molecule has 0 bridgehead atoms. The molecule has 0 aliphatic rings. The van der Waals surface area contributed by atoms with E-state index in [1.54, 1.807) is 18.3 Å². The molecule has 200 valence electrons. The third-order valence-corrected chi connectivity index (χ3v) is 5.75. The molecular weight excluding hydrogens is 489 g/mol. The molecule has 3 N–H and O–H groups in total. The second-order valence-corrected chi connectivity index (χ2v) is 8.75. The number of hydrogen-bond donors (Lipinski definition) is 3. The first-order valence-corrected chi connectivity index (χ1v) is 12.6. The lowest BCUT2D eigenvalue weighted by Gasteiger charge is -2.20. The van der Waals surface area contributed by atoms with Crippen molar-refractivity contribution in [3.05, 3.63) is 66.9 Å². The van der Waals surface area contributed by atoms with Gasteiger partial charge in [-0.25, -0.2) is 14.4 Å². The molecule has 2 aromatic heterocycles. The summed E-state index contributed by atoms with van der Waals surface area (Å²) < 4.78 is 20.7. The molecule has 0 spiro atoms. The topological polar surface area (TPSA) is 117 Å². The van der Waals surface area contributed by atoms with Crippen LogP contribution in [-0.4, -0.2) is 68.5 Å². The van der Waals surface area contributed by atoms with Gasteiger partial charge in [0, 0.05) is 42.5 Å². The lowest BCUT2D eigenvalue weighted by atomic mass is 10.2. The highest BCUT2D eigenvalue weighted by atomic mass is 19.1. The summed E-state index contributed by atoms with van der Waals surface area (Å²) in [5.74, 6) is 1.08.